The second-order valence-electron chi connectivity index (χ2n) is 4.44. The lowest BCUT2D eigenvalue weighted by Crippen LogP contribution is -2.27. The van der Waals surface area contributed by atoms with Gasteiger partial charge in [0, 0.05) is 17.4 Å². The van der Waals surface area contributed by atoms with Gasteiger partial charge in [0.05, 0.1) is 0 Å². The van der Waals surface area contributed by atoms with Gasteiger partial charge in [0.25, 0.3) is 0 Å². The van der Waals surface area contributed by atoms with Crippen molar-refractivity contribution < 1.29 is 0 Å². The van der Waals surface area contributed by atoms with Gasteiger partial charge in [0.1, 0.15) is 11.6 Å². The number of rotatable bonds is 6. The van der Waals surface area contributed by atoms with Crippen LogP contribution in [0.5, 0.6) is 0 Å². The number of hydrogen-bond acceptors (Lipinski definition) is 7. The van der Waals surface area contributed by atoms with E-state index < -0.39 is 0 Å². The summed E-state index contributed by atoms with van der Waals surface area (Å²) in [7, 11) is 0. The second-order valence-corrected chi connectivity index (χ2v) is 6.73. The van der Waals surface area contributed by atoms with Crippen LogP contribution in [-0.2, 0) is 0 Å². The Balaban J connectivity index is 2.09. The molecule has 2 unspecified atom stereocenters. The molecule has 1 fully saturated rings. The molecule has 1 aromatic heterocycles. The summed E-state index contributed by atoms with van der Waals surface area (Å²) >= 11 is 3.55. The summed E-state index contributed by atoms with van der Waals surface area (Å²) in [6, 6.07) is 2.37. The lowest BCUT2D eigenvalue weighted by molar-refractivity contribution is 0.757. The molecule has 1 aliphatic rings. The summed E-state index contributed by atoms with van der Waals surface area (Å²) in [4.78, 5) is 8.76. The summed E-state index contributed by atoms with van der Waals surface area (Å²) in [5.41, 5.74) is 2.59. The number of nitrogens with two attached hydrogens (primary N) is 1. The van der Waals surface area contributed by atoms with E-state index in [2.05, 4.69) is 27.6 Å². The molecule has 0 spiro atoms. The number of nitrogen functional groups attached to an aromatic ring is 1. The molecule has 7 heteroatoms. The normalized spacial score (nSPS) is 22.5. The Morgan fingerprint density at radius 3 is 2.84 bits per heavy atom. The van der Waals surface area contributed by atoms with Crippen LogP contribution in [0, 0.1) is 0 Å². The molecule has 0 bridgehead atoms. The van der Waals surface area contributed by atoms with Crippen LogP contribution in [0.2, 0.25) is 0 Å². The number of hydrazine groups is 1. The first-order valence-corrected chi connectivity index (χ1v) is 8.82. The Morgan fingerprint density at radius 2 is 2.16 bits per heavy atom. The van der Waals surface area contributed by atoms with Crippen LogP contribution in [0.25, 0.3) is 0 Å². The van der Waals surface area contributed by atoms with Crippen molar-refractivity contribution in [1.82, 2.24) is 9.97 Å². The number of aromatic nitrogens is 2. The molecule has 1 aromatic rings. The van der Waals surface area contributed by atoms with E-state index in [1.807, 2.05) is 24.1 Å². The molecule has 0 saturated heterocycles. The predicted molar refractivity (Wildman–Crippen MR) is 84.8 cm³/mol. The number of thioether (sulfide) groups is 2. The van der Waals surface area contributed by atoms with Gasteiger partial charge in [0.15, 0.2) is 5.16 Å². The summed E-state index contributed by atoms with van der Waals surface area (Å²) in [5.74, 6) is 8.12. The minimum atomic E-state index is 0.500. The van der Waals surface area contributed by atoms with E-state index in [0.717, 1.165) is 16.7 Å². The zero-order chi connectivity index (χ0) is 13.7. The van der Waals surface area contributed by atoms with Crippen LogP contribution < -0.4 is 16.6 Å². The Labute approximate surface area is 122 Å². The second kappa shape index (κ2) is 7.21. The summed E-state index contributed by atoms with van der Waals surface area (Å²) in [6.45, 7) is 2.22. The maximum absolute atomic E-state index is 5.44. The van der Waals surface area contributed by atoms with Gasteiger partial charge >= 0.3 is 0 Å². The van der Waals surface area contributed by atoms with Crippen LogP contribution in [0.3, 0.4) is 0 Å². The molecule has 0 amide bonds. The van der Waals surface area contributed by atoms with Crippen molar-refractivity contribution >= 4 is 35.2 Å². The highest BCUT2D eigenvalue weighted by Gasteiger charge is 2.27. The highest BCUT2D eigenvalue weighted by molar-refractivity contribution is 7.99. The highest BCUT2D eigenvalue weighted by Crippen LogP contribution is 2.32. The fourth-order valence-electron chi connectivity index (χ4n) is 2.36. The van der Waals surface area contributed by atoms with Gasteiger partial charge in [-0.15, -0.1) is 0 Å². The molecule has 1 aliphatic carbocycles. The van der Waals surface area contributed by atoms with Crippen molar-refractivity contribution in [2.45, 2.75) is 42.6 Å². The van der Waals surface area contributed by atoms with E-state index >= 15 is 0 Å². The Kier molecular flexibility index (Phi) is 5.59. The predicted octanol–water partition coefficient (Wildman–Crippen LogP) is 2.57. The minimum Gasteiger partial charge on any atom is -0.366 e. The van der Waals surface area contributed by atoms with E-state index in [0.29, 0.717) is 17.1 Å². The van der Waals surface area contributed by atoms with Crippen molar-refractivity contribution in [2.24, 2.45) is 5.84 Å². The van der Waals surface area contributed by atoms with Gasteiger partial charge in [-0.1, -0.05) is 25.1 Å². The van der Waals surface area contributed by atoms with Gasteiger partial charge < -0.3 is 10.7 Å². The molecule has 5 nitrogen and oxygen atoms in total. The fourth-order valence-corrected chi connectivity index (χ4v) is 3.94. The summed E-state index contributed by atoms with van der Waals surface area (Å²) < 4.78 is 0. The Morgan fingerprint density at radius 1 is 1.37 bits per heavy atom. The van der Waals surface area contributed by atoms with Crippen LogP contribution in [-0.4, -0.2) is 33.3 Å². The molecule has 1 heterocycles. The first-order chi connectivity index (χ1) is 9.26. The van der Waals surface area contributed by atoms with E-state index in [1.165, 1.54) is 31.0 Å². The molecule has 19 heavy (non-hydrogen) atoms. The Bertz CT molecular complexity index is 393. The number of hydrogen-bond donors (Lipinski definition) is 3. The molecular formula is C12H21N5S2. The largest absolute Gasteiger partial charge is 0.366 e. The van der Waals surface area contributed by atoms with Crippen LogP contribution >= 0.6 is 23.5 Å². The van der Waals surface area contributed by atoms with E-state index in [-0.39, 0.29) is 0 Å². The maximum Gasteiger partial charge on any atom is 0.191 e. The molecule has 0 aromatic carbocycles. The molecular weight excluding hydrogens is 278 g/mol. The molecule has 0 aliphatic heterocycles. The highest BCUT2D eigenvalue weighted by atomic mass is 32.2. The van der Waals surface area contributed by atoms with Crippen LogP contribution in [0.1, 0.15) is 26.2 Å². The van der Waals surface area contributed by atoms with Gasteiger partial charge in [-0.05, 0) is 24.9 Å². The Hall–Kier alpha value is -0.660. The monoisotopic (exact) mass is 299 g/mol. The zero-order valence-corrected chi connectivity index (χ0v) is 13.0. The maximum atomic E-state index is 5.44. The van der Waals surface area contributed by atoms with Gasteiger partial charge in [0.2, 0.25) is 0 Å². The lowest BCUT2D eigenvalue weighted by atomic mass is 10.2. The molecule has 4 N–H and O–H groups in total. The average Bonchev–Trinajstić information content (AvgIpc) is 2.86. The molecule has 2 rings (SSSR count). The number of anilines is 2. The third-order valence-electron chi connectivity index (χ3n) is 3.20. The number of nitrogens with zero attached hydrogens (tertiary/aromatic N) is 2. The zero-order valence-electron chi connectivity index (χ0n) is 11.3. The topological polar surface area (TPSA) is 75.9 Å². The molecule has 1 saturated carbocycles. The van der Waals surface area contributed by atoms with Crippen LogP contribution in [0.15, 0.2) is 11.2 Å². The third kappa shape index (κ3) is 3.90. The van der Waals surface area contributed by atoms with Crippen molar-refractivity contribution in [3.63, 3.8) is 0 Å². The summed E-state index contributed by atoms with van der Waals surface area (Å²) in [6.07, 6.45) is 5.75. The SMILES string of the molecule is CCSC1CCCC1Nc1cc(NN)nc(SC)n1. The first kappa shape index (κ1) is 14.7. The average molecular weight is 299 g/mol. The van der Waals surface area contributed by atoms with Crippen molar-refractivity contribution in [3.05, 3.63) is 6.07 Å². The molecule has 0 radical (unpaired) electrons. The third-order valence-corrected chi connectivity index (χ3v) is 5.08. The molecule has 2 atom stereocenters. The summed E-state index contributed by atoms with van der Waals surface area (Å²) in [5, 5.41) is 4.96. The lowest BCUT2D eigenvalue weighted by Gasteiger charge is -2.21. The van der Waals surface area contributed by atoms with Gasteiger partial charge in [-0.25, -0.2) is 15.8 Å². The van der Waals surface area contributed by atoms with Crippen LogP contribution in [0.4, 0.5) is 11.6 Å². The van der Waals surface area contributed by atoms with Gasteiger partial charge in [-0.3, -0.25) is 0 Å². The standard InChI is InChI=1S/C12H21N5S2/c1-3-19-9-6-4-5-8(9)14-10-7-11(17-13)16-12(15-10)18-2/h7-9H,3-6,13H2,1-2H3,(H2,14,15,16,17). The van der Waals surface area contributed by atoms with E-state index in [4.69, 9.17) is 5.84 Å². The van der Waals surface area contributed by atoms with E-state index in [9.17, 15) is 0 Å². The smallest absolute Gasteiger partial charge is 0.191 e. The van der Waals surface area contributed by atoms with E-state index in [1.54, 1.807) is 0 Å². The number of nitrogens with one attached hydrogen (secondary N) is 2. The molecule has 106 valence electrons. The quantitative estimate of drug-likeness (QED) is 0.322. The first-order valence-electron chi connectivity index (χ1n) is 6.54. The van der Waals surface area contributed by atoms with Crippen molar-refractivity contribution in [3.8, 4) is 0 Å². The minimum absolute atomic E-state index is 0.500. The van der Waals surface area contributed by atoms with Crippen molar-refractivity contribution in [1.29, 1.82) is 0 Å². The van der Waals surface area contributed by atoms with Crippen molar-refractivity contribution in [2.75, 3.05) is 22.8 Å². The van der Waals surface area contributed by atoms with Gasteiger partial charge in [-0.2, -0.15) is 11.8 Å². The fraction of sp³-hybridized carbons (Fsp3) is 0.667.